The van der Waals surface area contributed by atoms with Crippen molar-refractivity contribution in [2.75, 3.05) is 20.8 Å². The molecule has 2 aliphatic rings. The van der Waals surface area contributed by atoms with Crippen LogP contribution in [-0.4, -0.2) is 44.6 Å². The Kier molecular flexibility index (Phi) is 6.31. The summed E-state index contributed by atoms with van der Waals surface area (Å²) in [7, 11) is 3.44. The fraction of sp³-hybridized carbons (Fsp3) is 0.550. The molecule has 2 atom stereocenters. The highest BCUT2D eigenvalue weighted by Crippen LogP contribution is 2.44. The number of nitrogens with one attached hydrogen (secondary N) is 4. The number of hydrazine groups is 1. The molecule has 1 aromatic rings. The van der Waals surface area contributed by atoms with E-state index >= 15 is 0 Å². The van der Waals surface area contributed by atoms with Crippen molar-refractivity contribution in [1.29, 1.82) is 0 Å². The van der Waals surface area contributed by atoms with Gasteiger partial charge in [0.2, 0.25) is 0 Å². The summed E-state index contributed by atoms with van der Waals surface area (Å²) in [5.74, 6) is 0.824. The van der Waals surface area contributed by atoms with E-state index in [0.717, 1.165) is 29.1 Å². The zero-order valence-corrected chi connectivity index (χ0v) is 16.9. The lowest BCUT2D eigenvalue weighted by Gasteiger charge is -2.33. The molecule has 8 nitrogen and oxygen atoms in total. The first-order chi connectivity index (χ1) is 13.5. The molecule has 1 heterocycles. The zero-order chi connectivity index (χ0) is 20.1. The molecular formula is C20H30N4O4. The first-order valence-corrected chi connectivity index (χ1v) is 9.63. The number of alkyl carbamates (subject to hydrolysis) is 1. The molecule has 1 aliphatic heterocycles. The van der Waals surface area contributed by atoms with Crippen molar-refractivity contribution >= 4 is 6.09 Å². The molecule has 4 N–H and O–H groups in total. The largest absolute Gasteiger partial charge is 0.497 e. The molecule has 8 heteroatoms. The summed E-state index contributed by atoms with van der Waals surface area (Å²) < 4.78 is 16.7. The maximum atomic E-state index is 12.1. The number of benzene rings is 1. The molecule has 1 spiro atoms. The lowest BCUT2D eigenvalue weighted by Crippen LogP contribution is -2.46. The van der Waals surface area contributed by atoms with E-state index in [9.17, 15) is 4.79 Å². The Morgan fingerprint density at radius 3 is 2.61 bits per heavy atom. The monoisotopic (exact) mass is 390 g/mol. The van der Waals surface area contributed by atoms with Crippen LogP contribution in [0.15, 0.2) is 35.7 Å². The van der Waals surface area contributed by atoms with Crippen LogP contribution in [0, 0.1) is 0 Å². The van der Waals surface area contributed by atoms with Crippen LogP contribution in [0.3, 0.4) is 0 Å². The van der Waals surface area contributed by atoms with Gasteiger partial charge in [0.15, 0.2) is 0 Å². The normalized spacial score (nSPS) is 23.5. The summed E-state index contributed by atoms with van der Waals surface area (Å²) >= 11 is 0. The minimum Gasteiger partial charge on any atom is -0.497 e. The Morgan fingerprint density at radius 2 is 2.04 bits per heavy atom. The number of amides is 1. The number of carbonyl (C=O) groups is 1. The minimum absolute atomic E-state index is 0.0200. The van der Waals surface area contributed by atoms with Gasteiger partial charge in [0.25, 0.3) is 0 Å². The highest BCUT2D eigenvalue weighted by atomic mass is 16.6. The van der Waals surface area contributed by atoms with Gasteiger partial charge in [-0.05, 0) is 44.4 Å². The van der Waals surface area contributed by atoms with Gasteiger partial charge in [-0.2, -0.15) is 0 Å². The van der Waals surface area contributed by atoms with E-state index < -0.39 is 6.09 Å². The first kappa shape index (κ1) is 20.3. The molecule has 1 aliphatic carbocycles. The Morgan fingerprint density at radius 1 is 1.32 bits per heavy atom. The standard InChI is InChI=1S/C20H30N4O4/c1-13(2)23-19(25)28-16-9-10-20(12-27-20)18(17(16)24-21-3)22-11-14-5-7-15(26-4)8-6-14/h5-8,13,16,21-22,24H,9-12H2,1-4H3,(H,23,25)/t16-,20+/m0/s1. The Bertz CT molecular complexity index is 713. The number of ether oxygens (including phenoxy) is 3. The molecular weight excluding hydrogens is 360 g/mol. The fourth-order valence-corrected chi connectivity index (χ4v) is 3.40. The van der Waals surface area contributed by atoms with Gasteiger partial charge in [-0.3, -0.25) is 0 Å². The second kappa shape index (κ2) is 8.70. The molecule has 28 heavy (non-hydrogen) atoms. The van der Waals surface area contributed by atoms with Crippen LogP contribution in [0.25, 0.3) is 0 Å². The van der Waals surface area contributed by atoms with Crippen molar-refractivity contribution < 1.29 is 19.0 Å². The van der Waals surface area contributed by atoms with Gasteiger partial charge in [-0.15, -0.1) is 0 Å². The Balaban J connectivity index is 1.77. The van der Waals surface area contributed by atoms with Gasteiger partial charge in [0, 0.05) is 19.6 Å². The Hall–Kier alpha value is -2.45. The van der Waals surface area contributed by atoms with Gasteiger partial charge >= 0.3 is 6.09 Å². The number of hydrogen-bond acceptors (Lipinski definition) is 7. The van der Waals surface area contributed by atoms with E-state index in [2.05, 4.69) is 21.5 Å². The maximum Gasteiger partial charge on any atom is 0.407 e. The van der Waals surface area contributed by atoms with Gasteiger partial charge < -0.3 is 30.3 Å². The molecule has 1 saturated heterocycles. The van der Waals surface area contributed by atoms with Crippen LogP contribution in [0.4, 0.5) is 4.79 Å². The summed E-state index contributed by atoms with van der Waals surface area (Å²) in [5.41, 5.74) is 8.65. The molecule has 154 valence electrons. The van der Waals surface area contributed by atoms with Gasteiger partial charge in [0.1, 0.15) is 17.5 Å². The second-order valence-corrected chi connectivity index (χ2v) is 7.38. The zero-order valence-electron chi connectivity index (χ0n) is 16.9. The third-order valence-corrected chi connectivity index (χ3v) is 4.89. The molecule has 0 radical (unpaired) electrons. The molecule has 1 amide bonds. The quantitative estimate of drug-likeness (QED) is 0.397. The van der Waals surface area contributed by atoms with Gasteiger partial charge in [-0.1, -0.05) is 12.1 Å². The summed E-state index contributed by atoms with van der Waals surface area (Å²) in [5, 5.41) is 6.28. The molecule has 1 fully saturated rings. The fourth-order valence-electron chi connectivity index (χ4n) is 3.40. The average molecular weight is 390 g/mol. The van der Waals surface area contributed by atoms with Crippen LogP contribution in [-0.2, 0) is 16.0 Å². The second-order valence-electron chi connectivity index (χ2n) is 7.38. The molecule has 0 unspecified atom stereocenters. The third-order valence-electron chi connectivity index (χ3n) is 4.89. The lowest BCUT2D eigenvalue weighted by atomic mass is 9.88. The molecule has 0 bridgehead atoms. The molecule has 3 rings (SSSR count). The highest BCUT2D eigenvalue weighted by Gasteiger charge is 2.53. The lowest BCUT2D eigenvalue weighted by molar-refractivity contribution is 0.0895. The molecule has 0 aromatic heterocycles. The SMILES string of the molecule is CNNC1=C(NCc2ccc(OC)cc2)[C@@]2(CC[C@@H]1OC(=O)NC(C)C)CO2. The third kappa shape index (κ3) is 4.69. The van der Waals surface area contributed by atoms with Crippen LogP contribution in [0.1, 0.15) is 32.3 Å². The van der Waals surface area contributed by atoms with Crippen molar-refractivity contribution in [3.8, 4) is 5.75 Å². The molecule has 0 saturated carbocycles. The minimum atomic E-state index is -0.419. The van der Waals surface area contributed by atoms with Crippen molar-refractivity contribution in [2.45, 2.75) is 51.0 Å². The van der Waals surface area contributed by atoms with Crippen LogP contribution in [0.5, 0.6) is 5.75 Å². The number of methoxy groups -OCH3 is 1. The predicted molar refractivity (Wildman–Crippen MR) is 106 cm³/mol. The summed E-state index contributed by atoms with van der Waals surface area (Å²) in [6.07, 6.45) is 0.701. The van der Waals surface area contributed by atoms with Gasteiger partial charge in [0.05, 0.1) is 25.1 Å². The van der Waals surface area contributed by atoms with Gasteiger partial charge in [-0.25, -0.2) is 10.2 Å². The van der Waals surface area contributed by atoms with Crippen molar-refractivity contribution in [3.05, 3.63) is 41.2 Å². The van der Waals surface area contributed by atoms with Crippen molar-refractivity contribution in [1.82, 2.24) is 21.5 Å². The number of epoxide rings is 1. The van der Waals surface area contributed by atoms with E-state index in [1.54, 1.807) is 14.2 Å². The topological polar surface area (TPSA) is 96.2 Å². The summed E-state index contributed by atoms with van der Waals surface area (Å²) in [4.78, 5) is 12.1. The molecule has 1 aromatic carbocycles. The average Bonchev–Trinajstić information content (AvgIpc) is 3.44. The Labute approximate surface area is 166 Å². The number of carbonyl (C=O) groups excluding carboxylic acids is 1. The highest BCUT2D eigenvalue weighted by molar-refractivity contribution is 5.68. The summed E-state index contributed by atoms with van der Waals surface area (Å²) in [6, 6.07) is 7.93. The number of hydrogen-bond donors (Lipinski definition) is 4. The number of rotatable bonds is 8. The van der Waals surface area contributed by atoms with Crippen LogP contribution < -0.4 is 26.2 Å². The van der Waals surface area contributed by atoms with Crippen LogP contribution >= 0.6 is 0 Å². The van der Waals surface area contributed by atoms with E-state index in [-0.39, 0.29) is 17.7 Å². The van der Waals surface area contributed by atoms with Crippen molar-refractivity contribution in [3.63, 3.8) is 0 Å². The smallest absolute Gasteiger partial charge is 0.407 e. The van der Waals surface area contributed by atoms with E-state index in [1.807, 2.05) is 38.1 Å². The van der Waals surface area contributed by atoms with E-state index in [0.29, 0.717) is 19.6 Å². The first-order valence-electron chi connectivity index (χ1n) is 9.63. The van der Waals surface area contributed by atoms with E-state index in [1.165, 1.54) is 0 Å². The predicted octanol–water partition coefficient (Wildman–Crippen LogP) is 1.79. The maximum absolute atomic E-state index is 12.1. The van der Waals surface area contributed by atoms with Crippen LogP contribution in [0.2, 0.25) is 0 Å². The summed E-state index contributed by atoms with van der Waals surface area (Å²) in [6.45, 7) is 5.10. The van der Waals surface area contributed by atoms with E-state index in [4.69, 9.17) is 14.2 Å². The van der Waals surface area contributed by atoms with Crippen molar-refractivity contribution in [2.24, 2.45) is 0 Å².